The normalized spacial score (nSPS) is 17.0. The van der Waals surface area contributed by atoms with Gasteiger partial charge in [0.1, 0.15) is 0 Å². The number of hydrogen-bond acceptors (Lipinski definition) is 3. The summed E-state index contributed by atoms with van der Waals surface area (Å²) in [5.74, 6) is 0.114. The predicted octanol–water partition coefficient (Wildman–Crippen LogP) is 2.86. The molecule has 1 heterocycles. The van der Waals surface area contributed by atoms with Crippen molar-refractivity contribution >= 4 is 31.9 Å². The van der Waals surface area contributed by atoms with E-state index in [0.717, 1.165) is 10.0 Å². The minimum absolute atomic E-state index is 0.00887. The van der Waals surface area contributed by atoms with Crippen LogP contribution in [0, 0.1) is 5.92 Å². The van der Waals surface area contributed by atoms with Crippen LogP contribution in [0.25, 0.3) is 0 Å². The van der Waals surface area contributed by atoms with Crippen LogP contribution < -0.4 is 0 Å². The van der Waals surface area contributed by atoms with E-state index in [1.807, 2.05) is 43.0 Å². The number of carbonyl (C=O) groups is 1. The van der Waals surface area contributed by atoms with E-state index in [1.165, 1.54) is 4.31 Å². The van der Waals surface area contributed by atoms with Gasteiger partial charge in [-0.15, -0.1) is 0 Å². The average Bonchev–Trinajstić information content (AvgIpc) is 2.58. The summed E-state index contributed by atoms with van der Waals surface area (Å²) >= 11 is 3.35. The minimum atomic E-state index is -3.34. The molecule has 1 aliphatic rings. The molecule has 0 radical (unpaired) electrons. The van der Waals surface area contributed by atoms with Gasteiger partial charge in [-0.05, 0) is 44.4 Å². The molecule has 24 heavy (non-hydrogen) atoms. The fourth-order valence-electron chi connectivity index (χ4n) is 3.06. The highest BCUT2D eigenvalue weighted by Crippen LogP contribution is 2.23. The molecular formula is C17H25BrN2O3S. The highest BCUT2D eigenvalue weighted by Gasteiger charge is 2.32. The molecule has 0 atom stereocenters. The molecule has 0 aromatic heterocycles. The largest absolute Gasteiger partial charge is 0.343 e. The van der Waals surface area contributed by atoms with Crippen LogP contribution in [-0.2, 0) is 20.6 Å². The Morgan fingerprint density at radius 3 is 2.21 bits per heavy atom. The maximum Gasteiger partial charge on any atom is 0.225 e. The van der Waals surface area contributed by atoms with Gasteiger partial charge < -0.3 is 4.90 Å². The number of rotatable bonds is 6. The summed E-state index contributed by atoms with van der Waals surface area (Å²) in [7, 11) is -3.34. The Labute approximate surface area is 153 Å². The molecule has 2 rings (SSSR count). The first kappa shape index (κ1) is 19.4. The van der Waals surface area contributed by atoms with Crippen LogP contribution in [0.4, 0.5) is 0 Å². The second kappa shape index (κ2) is 8.45. The molecule has 0 N–H and O–H groups in total. The summed E-state index contributed by atoms with van der Waals surface area (Å²) < 4.78 is 27.6. The van der Waals surface area contributed by atoms with E-state index < -0.39 is 10.0 Å². The Morgan fingerprint density at radius 2 is 1.71 bits per heavy atom. The molecule has 7 heteroatoms. The lowest BCUT2D eigenvalue weighted by Gasteiger charge is -2.33. The van der Waals surface area contributed by atoms with E-state index in [-0.39, 0.29) is 17.6 Å². The molecule has 134 valence electrons. The zero-order chi connectivity index (χ0) is 17.7. The standard InChI is InChI=1S/C17H25BrN2O3S/c1-3-19(4-2)17(21)15-9-11-20(12-10-15)24(22,23)13-14-5-7-16(18)8-6-14/h5-8,15H,3-4,9-13H2,1-2H3. The van der Waals surface area contributed by atoms with Crippen molar-refractivity contribution in [3.8, 4) is 0 Å². The molecule has 0 aliphatic carbocycles. The molecule has 1 aromatic carbocycles. The van der Waals surface area contributed by atoms with Crippen molar-refractivity contribution in [2.75, 3.05) is 26.2 Å². The van der Waals surface area contributed by atoms with Gasteiger partial charge in [-0.25, -0.2) is 12.7 Å². The van der Waals surface area contributed by atoms with E-state index in [2.05, 4.69) is 15.9 Å². The van der Waals surface area contributed by atoms with E-state index in [9.17, 15) is 13.2 Å². The number of nitrogens with zero attached hydrogens (tertiary/aromatic N) is 2. The number of piperidine rings is 1. The lowest BCUT2D eigenvalue weighted by molar-refractivity contribution is -0.136. The number of sulfonamides is 1. The van der Waals surface area contributed by atoms with Crippen LogP contribution in [0.1, 0.15) is 32.3 Å². The Hall–Kier alpha value is -0.920. The zero-order valence-electron chi connectivity index (χ0n) is 14.2. The van der Waals surface area contributed by atoms with Crippen molar-refractivity contribution in [3.05, 3.63) is 34.3 Å². The van der Waals surface area contributed by atoms with Crippen molar-refractivity contribution in [1.82, 2.24) is 9.21 Å². The van der Waals surface area contributed by atoms with Crippen LogP contribution in [0.3, 0.4) is 0 Å². The molecule has 0 saturated carbocycles. The molecule has 1 amide bonds. The summed E-state index contributed by atoms with van der Waals surface area (Å²) in [5.41, 5.74) is 0.777. The molecule has 1 fully saturated rings. The van der Waals surface area contributed by atoms with Gasteiger partial charge in [-0.2, -0.15) is 0 Å². The van der Waals surface area contributed by atoms with Gasteiger partial charge in [-0.1, -0.05) is 28.1 Å². The lowest BCUT2D eigenvalue weighted by atomic mass is 9.96. The first-order valence-corrected chi connectivity index (χ1v) is 10.8. The van der Waals surface area contributed by atoms with Gasteiger partial charge in [0.15, 0.2) is 0 Å². The zero-order valence-corrected chi connectivity index (χ0v) is 16.6. The fraction of sp³-hybridized carbons (Fsp3) is 0.588. The molecule has 5 nitrogen and oxygen atoms in total. The van der Waals surface area contributed by atoms with Gasteiger partial charge in [0.2, 0.25) is 15.9 Å². The Morgan fingerprint density at radius 1 is 1.17 bits per heavy atom. The van der Waals surface area contributed by atoms with Gasteiger partial charge >= 0.3 is 0 Å². The average molecular weight is 417 g/mol. The molecule has 0 spiro atoms. The molecule has 0 bridgehead atoms. The van der Waals surface area contributed by atoms with Crippen LogP contribution in [0.2, 0.25) is 0 Å². The number of hydrogen-bond donors (Lipinski definition) is 0. The Bertz CT molecular complexity index is 649. The lowest BCUT2D eigenvalue weighted by Crippen LogP contribution is -2.44. The SMILES string of the molecule is CCN(CC)C(=O)C1CCN(S(=O)(=O)Cc2ccc(Br)cc2)CC1. The summed E-state index contributed by atoms with van der Waals surface area (Å²) in [6.07, 6.45) is 1.21. The number of benzene rings is 1. The highest BCUT2D eigenvalue weighted by atomic mass is 79.9. The van der Waals surface area contributed by atoms with Crippen molar-refractivity contribution in [2.24, 2.45) is 5.92 Å². The quantitative estimate of drug-likeness (QED) is 0.715. The maximum absolute atomic E-state index is 12.6. The summed E-state index contributed by atoms with van der Waals surface area (Å²) in [6, 6.07) is 7.33. The molecular weight excluding hydrogens is 392 g/mol. The number of amides is 1. The Balaban J connectivity index is 1.95. The second-order valence-corrected chi connectivity index (χ2v) is 8.95. The Kier molecular flexibility index (Phi) is 6.83. The minimum Gasteiger partial charge on any atom is -0.343 e. The summed E-state index contributed by atoms with van der Waals surface area (Å²) in [6.45, 7) is 6.21. The number of carbonyl (C=O) groups excluding carboxylic acids is 1. The van der Waals surface area contributed by atoms with Gasteiger partial charge in [0.05, 0.1) is 5.75 Å². The van der Waals surface area contributed by atoms with Crippen LogP contribution >= 0.6 is 15.9 Å². The maximum atomic E-state index is 12.6. The first-order chi connectivity index (χ1) is 11.4. The van der Waals surface area contributed by atoms with Gasteiger partial charge in [-0.3, -0.25) is 4.79 Å². The third-order valence-electron chi connectivity index (χ3n) is 4.53. The number of halogens is 1. The van der Waals surface area contributed by atoms with Crippen LogP contribution in [0.15, 0.2) is 28.7 Å². The van der Waals surface area contributed by atoms with Gasteiger partial charge in [0.25, 0.3) is 0 Å². The molecule has 1 saturated heterocycles. The molecule has 1 aliphatic heterocycles. The third-order valence-corrected chi connectivity index (χ3v) is 6.91. The van der Waals surface area contributed by atoms with E-state index >= 15 is 0 Å². The van der Waals surface area contributed by atoms with Gasteiger partial charge in [0, 0.05) is 36.6 Å². The van der Waals surface area contributed by atoms with E-state index in [1.54, 1.807) is 0 Å². The fourth-order valence-corrected chi connectivity index (χ4v) is 4.88. The molecule has 0 unspecified atom stereocenters. The highest BCUT2D eigenvalue weighted by molar-refractivity contribution is 9.10. The predicted molar refractivity (Wildman–Crippen MR) is 99.0 cm³/mol. The third kappa shape index (κ3) is 4.80. The van der Waals surface area contributed by atoms with Crippen LogP contribution in [0.5, 0.6) is 0 Å². The van der Waals surface area contributed by atoms with E-state index in [0.29, 0.717) is 39.0 Å². The topological polar surface area (TPSA) is 57.7 Å². The first-order valence-electron chi connectivity index (χ1n) is 8.38. The van der Waals surface area contributed by atoms with Crippen molar-refractivity contribution in [3.63, 3.8) is 0 Å². The monoisotopic (exact) mass is 416 g/mol. The van der Waals surface area contributed by atoms with Crippen molar-refractivity contribution in [2.45, 2.75) is 32.4 Å². The van der Waals surface area contributed by atoms with Crippen LogP contribution in [-0.4, -0.2) is 49.7 Å². The molecule has 1 aromatic rings. The summed E-state index contributed by atoms with van der Waals surface area (Å²) in [5, 5.41) is 0. The second-order valence-electron chi connectivity index (χ2n) is 6.07. The van der Waals surface area contributed by atoms with E-state index in [4.69, 9.17) is 0 Å². The van der Waals surface area contributed by atoms with Crippen molar-refractivity contribution < 1.29 is 13.2 Å². The summed E-state index contributed by atoms with van der Waals surface area (Å²) in [4.78, 5) is 14.2. The smallest absolute Gasteiger partial charge is 0.225 e. The van der Waals surface area contributed by atoms with Crippen molar-refractivity contribution in [1.29, 1.82) is 0 Å².